The van der Waals surface area contributed by atoms with Crippen LogP contribution in [0.3, 0.4) is 0 Å². The van der Waals surface area contributed by atoms with E-state index < -0.39 is 0 Å². The van der Waals surface area contributed by atoms with Crippen LogP contribution >= 0.6 is 0 Å². The van der Waals surface area contributed by atoms with Gasteiger partial charge in [-0.05, 0) is 30.7 Å². The number of nitrogens with zero attached hydrogens (tertiary/aromatic N) is 3. The molecule has 0 amide bonds. The Hall–Kier alpha value is -2.34. The first-order valence-corrected chi connectivity index (χ1v) is 7.68. The lowest BCUT2D eigenvalue weighted by Crippen LogP contribution is -2.36. The normalized spacial score (nSPS) is 17.0. The summed E-state index contributed by atoms with van der Waals surface area (Å²) in [6.07, 6.45) is 2.90. The van der Waals surface area contributed by atoms with E-state index in [4.69, 9.17) is 4.74 Å². The van der Waals surface area contributed by atoms with Gasteiger partial charge in [-0.2, -0.15) is 4.98 Å². The van der Waals surface area contributed by atoms with E-state index in [1.807, 2.05) is 6.20 Å². The van der Waals surface area contributed by atoms with Gasteiger partial charge in [-0.25, -0.2) is 4.98 Å². The average molecular weight is 297 g/mol. The molecule has 1 aromatic heterocycles. The van der Waals surface area contributed by atoms with Crippen LogP contribution in [-0.2, 0) is 11.2 Å². The van der Waals surface area contributed by atoms with Gasteiger partial charge in [0.25, 0.3) is 0 Å². The highest BCUT2D eigenvalue weighted by atomic mass is 16.5. The third-order valence-electron chi connectivity index (χ3n) is 4.05. The summed E-state index contributed by atoms with van der Waals surface area (Å²) in [5.41, 5.74) is 3.41. The van der Waals surface area contributed by atoms with E-state index in [-0.39, 0.29) is 0 Å². The number of rotatable bonds is 3. The van der Waals surface area contributed by atoms with Crippen molar-refractivity contribution >= 4 is 23.1 Å². The number of hydrogen-bond acceptors (Lipinski definition) is 6. The molecule has 1 aromatic carbocycles. The fourth-order valence-electron chi connectivity index (χ4n) is 2.82. The number of morpholine rings is 1. The van der Waals surface area contributed by atoms with Crippen molar-refractivity contribution in [2.75, 3.05) is 48.4 Å². The molecule has 0 unspecified atom stereocenters. The molecular weight excluding hydrogens is 278 g/mol. The number of fused-ring (bicyclic) bond motifs is 1. The molecule has 6 nitrogen and oxygen atoms in total. The van der Waals surface area contributed by atoms with Gasteiger partial charge in [-0.3, -0.25) is 0 Å². The zero-order valence-corrected chi connectivity index (χ0v) is 12.4. The monoisotopic (exact) mass is 297 g/mol. The number of aromatic nitrogens is 2. The van der Waals surface area contributed by atoms with Crippen LogP contribution < -0.4 is 15.5 Å². The lowest BCUT2D eigenvalue weighted by atomic mass is 10.2. The van der Waals surface area contributed by atoms with Crippen LogP contribution in [0.4, 0.5) is 23.1 Å². The molecule has 1 fully saturated rings. The van der Waals surface area contributed by atoms with Crippen molar-refractivity contribution in [2.45, 2.75) is 6.42 Å². The molecule has 2 aliphatic rings. The highest BCUT2D eigenvalue weighted by Crippen LogP contribution is 2.23. The Morgan fingerprint density at radius 2 is 1.95 bits per heavy atom. The zero-order chi connectivity index (χ0) is 14.8. The van der Waals surface area contributed by atoms with Crippen molar-refractivity contribution in [3.63, 3.8) is 0 Å². The van der Waals surface area contributed by atoms with E-state index in [1.54, 1.807) is 0 Å². The molecule has 22 heavy (non-hydrogen) atoms. The van der Waals surface area contributed by atoms with Crippen LogP contribution in [0.25, 0.3) is 0 Å². The second-order valence-electron chi connectivity index (χ2n) is 5.52. The van der Waals surface area contributed by atoms with Crippen molar-refractivity contribution in [3.05, 3.63) is 36.0 Å². The Kier molecular flexibility index (Phi) is 3.52. The second kappa shape index (κ2) is 5.81. The average Bonchev–Trinajstić information content (AvgIpc) is 3.04. The molecule has 0 atom stereocenters. The maximum atomic E-state index is 5.38. The molecule has 0 spiro atoms. The van der Waals surface area contributed by atoms with Crippen LogP contribution in [0, 0.1) is 0 Å². The molecule has 0 saturated carbocycles. The lowest BCUT2D eigenvalue weighted by molar-refractivity contribution is 0.122. The Balaban J connectivity index is 1.46. The first-order valence-electron chi connectivity index (χ1n) is 7.68. The van der Waals surface area contributed by atoms with Crippen LogP contribution in [0.2, 0.25) is 0 Å². The number of anilines is 4. The summed E-state index contributed by atoms with van der Waals surface area (Å²) in [5, 5.41) is 6.53. The largest absolute Gasteiger partial charge is 0.378 e. The number of benzene rings is 1. The predicted octanol–water partition coefficient (Wildman–Crippen LogP) is 2.02. The quantitative estimate of drug-likeness (QED) is 0.904. The van der Waals surface area contributed by atoms with Crippen molar-refractivity contribution in [3.8, 4) is 0 Å². The SMILES string of the molecule is c1cc(N2CCOCC2)ccc1Nc1ncc2c(n1)NCC2. The summed E-state index contributed by atoms with van der Waals surface area (Å²) >= 11 is 0. The molecule has 2 aliphatic heterocycles. The van der Waals surface area contributed by atoms with Crippen molar-refractivity contribution in [1.29, 1.82) is 0 Å². The minimum Gasteiger partial charge on any atom is -0.378 e. The minimum atomic E-state index is 0.632. The summed E-state index contributed by atoms with van der Waals surface area (Å²) in [4.78, 5) is 11.2. The van der Waals surface area contributed by atoms with Gasteiger partial charge in [0.15, 0.2) is 0 Å². The van der Waals surface area contributed by atoms with E-state index in [9.17, 15) is 0 Å². The van der Waals surface area contributed by atoms with Gasteiger partial charge < -0.3 is 20.3 Å². The van der Waals surface area contributed by atoms with Crippen LogP contribution in [0.15, 0.2) is 30.5 Å². The van der Waals surface area contributed by atoms with E-state index in [0.29, 0.717) is 5.95 Å². The van der Waals surface area contributed by atoms with Crippen LogP contribution in [0.1, 0.15) is 5.56 Å². The fourth-order valence-corrected chi connectivity index (χ4v) is 2.82. The number of ether oxygens (including phenoxy) is 1. The van der Waals surface area contributed by atoms with Crippen LogP contribution in [0.5, 0.6) is 0 Å². The predicted molar refractivity (Wildman–Crippen MR) is 87.0 cm³/mol. The summed E-state index contributed by atoms with van der Waals surface area (Å²) in [6.45, 7) is 4.45. The minimum absolute atomic E-state index is 0.632. The van der Waals surface area contributed by atoms with Crippen LogP contribution in [-0.4, -0.2) is 42.8 Å². The number of hydrogen-bond donors (Lipinski definition) is 2. The van der Waals surface area contributed by atoms with E-state index in [0.717, 1.165) is 50.8 Å². The van der Waals surface area contributed by atoms with Crippen molar-refractivity contribution in [1.82, 2.24) is 9.97 Å². The maximum Gasteiger partial charge on any atom is 0.229 e. The van der Waals surface area contributed by atoms with Gasteiger partial charge in [0, 0.05) is 42.8 Å². The highest BCUT2D eigenvalue weighted by Gasteiger charge is 2.13. The molecule has 114 valence electrons. The second-order valence-corrected chi connectivity index (χ2v) is 5.52. The molecule has 1 saturated heterocycles. The lowest BCUT2D eigenvalue weighted by Gasteiger charge is -2.28. The molecule has 2 N–H and O–H groups in total. The highest BCUT2D eigenvalue weighted by molar-refractivity contribution is 5.61. The third-order valence-corrected chi connectivity index (χ3v) is 4.05. The molecule has 2 aromatic rings. The van der Waals surface area contributed by atoms with Gasteiger partial charge in [0.05, 0.1) is 13.2 Å². The Bertz CT molecular complexity index is 652. The Labute approximate surface area is 129 Å². The maximum absolute atomic E-state index is 5.38. The first kappa shape index (κ1) is 13.3. The third kappa shape index (κ3) is 2.69. The van der Waals surface area contributed by atoms with Gasteiger partial charge in [0.2, 0.25) is 5.95 Å². The molecule has 0 radical (unpaired) electrons. The van der Waals surface area contributed by atoms with Gasteiger partial charge in [-0.1, -0.05) is 0 Å². The summed E-state index contributed by atoms with van der Waals surface area (Å²) < 4.78 is 5.38. The van der Waals surface area contributed by atoms with Gasteiger partial charge >= 0.3 is 0 Å². The van der Waals surface area contributed by atoms with Crippen molar-refractivity contribution in [2.24, 2.45) is 0 Å². The molecule has 4 rings (SSSR count). The standard InChI is InChI=1S/C16H19N5O/c1-3-14(21-7-9-22-10-8-21)4-2-13(1)19-16-18-11-12-5-6-17-15(12)20-16/h1-4,11H,5-10H2,(H2,17,18,19,20). The summed E-state index contributed by atoms with van der Waals surface area (Å²) in [5.74, 6) is 1.58. The fraction of sp³-hybridized carbons (Fsp3) is 0.375. The van der Waals surface area contributed by atoms with Crippen molar-refractivity contribution < 1.29 is 4.74 Å². The first-order chi connectivity index (χ1) is 10.9. The summed E-state index contributed by atoms with van der Waals surface area (Å²) in [6, 6.07) is 8.38. The van der Waals surface area contributed by atoms with Gasteiger partial charge in [-0.15, -0.1) is 0 Å². The summed E-state index contributed by atoms with van der Waals surface area (Å²) in [7, 11) is 0. The van der Waals surface area contributed by atoms with E-state index in [1.165, 1.54) is 11.3 Å². The molecule has 0 bridgehead atoms. The molecule has 3 heterocycles. The smallest absolute Gasteiger partial charge is 0.229 e. The Morgan fingerprint density at radius 1 is 1.14 bits per heavy atom. The van der Waals surface area contributed by atoms with E-state index in [2.05, 4.69) is 49.8 Å². The van der Waals surface area contributed by atoms with Gasteiger partial charge in [0.1, 0.15) is 5.82 Å². The zero-order valence-electron chi connectivity index (χ0n) is 12.4. The molecular formula is C16H19N5O. The molecule has 0 aliphatic carbocycles. The van der Waals surface area contributed by atoms with E-state index >= 15 is 0 Å². The Morgan fingerprint density at radius 3 is 2.77 bits per heavy atom. The molecule has 6 heteroatoms. The number of nitrogens with one attached hydrogen (secondary N) is 2. The topological polar surface area (TPSA) is 62.3 Å².